The molecule has 5 heteroatoms. The van der Waals surface area contributed by atoms with E-state index < -0.39 is 0 Å². The molecule has 1 aromatic heterocycles. The lowest BCUT2D eigenvalue weighted by Gasteiger charge is -2.41. The summed E-state index contributed by atoms with van der Waals surface area (Å²) in [6.45, 7) is 6.77. The highest BCUT2D eigenvalue weighted by Gasteiger charge is 2.44. The van der Waals surface area contributed by atoms with Gasteiger partial charge >= 0.3 is 0 Å². The van der Waals surface area contributed by atoms with E-state index in [1.54, 1.807) is 0 Å². The fraction of sp³-hybridized carbons (Fsp3) is 0.462. The summed E-state index contributed by atoms with van der Waals surface area (Å²) in [6, 6.07) is 13.9. The summed E-state index contributed by atoms with van der Waals surface area (Å²) in [5.74, 6) is 0. The molecule has 2 aromatic rings. The molecule has 0 bridgehead atoms. The molecule has 0 amide bonds. The molecule has 1 N–H and O–H groups in total. The Labute approximate surface area is 191 Å². The van der Waals surface area contributed by atoms with Crippen LogP contribution in [0, 0.1) is 0 Å². The molecule has 0 unspecified atom stereocenters. The van der Waals surface area contributed by atoms with Gasteiger partial charge in [-0.1, -0.05) is 31.1 Å². The zero-order chi connectivity index (χ0) is 21.8. The summed E-state index contributed by atoms with van der Waals surface area (Å²) in [4.78, 5) is 9.56. The Hall–Kier alpha value is -2.40. The van der Waals surface area contributed by atoms with E-state index in [4.69, 9.17) is 17.2 Å². The number of pyridine rings is 1. The zero-order valence-electron chi connectivity index (χ0n) is 18.9. The van der Waals surface area contributed by atoms with Crippen molar-refractivity contribution < 1.29 is 0 Å². The maximum absolute atomic E-state index is 5.89. The van der Waals surface area contributed by atoms with Crippen LogP contribution in [0.2, 0.25) is 0 Å². The van der Waals surface area contributed by atoms with Gasteiger partial charge in [-0.2, -0.15) is 0 Å². The second-order valence-corrected chi connectivity index (χ2v) is 10.2. The van der Waals surface area contributed by atoms with Crippen molar-refractivity contribution in [2.45, 2.75) is 70.1 Å². The number of likely N-dealkylation sites (N-methyl/N-ethyl adjacent to an activating group) is 1. The van der Waals surface area contributed by atoms with E-state index in [1.807, 2.05) is 12.3 Å². The average molecular weight is 433 g/mol. The van der Waals surface area contributed by atoms with Crippen LogP contribution in [-0.2, 0) is 0 Å². The van der Waals surface area contributed by atoms with Crippen LogP contribution in [0.5, 0.6) is 0 Å². The molecular weight excluding hydrogens is 400 g/mol. The molecule has 1 saturated carbocycles. The number of aromatic nitrogens is 1. The highest BCUT2D eigenvalue weighted by Crippen LogP contribution is 2.45. The first-order valence-electron chi connectivity index (χ1n) is 11.4. The van der Waals surface area contributed by atoms with Crippen LogP contribution in [0.3, 0.4) is 0 Å². The third-order valence-electron chi connectivity index (χ3n) is 7.44. The number of hydrogen-bond donors (Lipinski definition) is 1. The molecular formula is C26H32N4S. The molecule has 0 spiro atoms. The predicted octanol–water partition coefficient (Wildman–Crippen LogP) is 5.63. The van der Waals surface area contributed by atoms with Gasteiger partial charge in [0.2, 0.25) is 0 Å². The number of thiocarbonyl (C=S) groups is 1. The lowest BCUT2D eigenvalue weighted by atomic mass is 9.86. The quantitative estimate of drug-likeness (QED) is 0.636. The highest BCUT2D eigenvalue weighted by molar-refractivity contribution is 7.80. The lowest BCUT2D eigenvalue weighted by Crippen LogP contribution is -2.42. The Morgan fingerprint density at radius 1 is 1.13 bits per heavy atom. The standard InChI is InChI=1S/C26H32N4S/c1-17-16-26(2,3)29(4)22-13-12-18(15-20(17)22)24-23(21-11-7-8-14-27-21)28-25(31)30(24)19-9-5-6-10-19/h7-8,11-16,19,23-24H,5-6,9-10H2,1-4H3,(H,28,31)/t23-,24+/m0/s1. The number of rotatable bonds is 3. The molecule has 0 radical (unpaired) electrons. The van der Waals surface area contributed by atoms with Crippen molar-refractivity contribution in [2.75, 3.05) is 11.9 Å². The molecule has 1 saturated heterocycles. The third kappa shape index (κ3) is 3.43. The summed E-state index contributed by atoms with van der Waals surface area (Å²) < 4.78 is 0. The maximum Gasteiger partial charge on any atom is 0.170 e. The normalized spacial score (nSPS) is 25.4. The van der Waals surface area contributed by atoms with Gasteiger partial charge in [-0.05, 0) is 81.2 Å². The van der Waals surface area contributed by atoms with E-state index in [9.17, 15) is 0 Å². The molecule has 1 aliphatic carbocycles. The van der Waals surface area contributed by atoms with Gasteiger partial charge in [0.15, 0.2) is 5.11 Å². The van der Waals surface area contributed by atoms with E-state index in [1.165, 1.54) is 48.1 Å². The Balaban J connectivity index is 1.61. The first-order valence-corrected chi connectivity index (χ1v) is 11.8. The fourth-order valence-electron chi connectivity index (χ4n) is 5.66. The van der Waals surface area contributed by atoms with Crippen LogP contribution in [0.15, 0.2) is 48.7 Å². The number of anilines is 1. The van der Waals surface area contributed by atoms with Gasteiger partial charge in [-0.15, -0.1) is 0 Å². The van der Waals surface area contributed by atoms with Gasteiger partial charge in [-0.3, -0.25) is 4.98 Å². The van der Waals surface area contributed by atoms with E-state index in [0.29, 0.717) is 6.04 Å². The molecule has 162 valence electrons. The number of allylic oxidation sites excluding steroid dienone is 1. The second kappa shape index (κ2) is 7.63. The van der Waals surface area contributed by atoms with Crippen molar-refractivity contribution >= 4 is 28.6 Å². The average Bonchev–Trinajstić information content (AvgIpc) is 3.39. The summed E-state index contributed by atoms with van der Waals surface area (Å²) >= 11 is 5.89. The topological polar surface area (TPSA) is 31.4 Å². The van der Waals surface area contributed by atoms with Crippen LogP contribution in [0.4, 0.5) is 5.69 Å². The zero-order valence-corrected chi connectivity index (χ0v) is 19.7. The molecule has 4 nitrogen and oxygen atoms in total. The van der Waals surface area contributed by atoms with E-state index in [0.717, 1.165) is 10.8 Å². The minimum Gasteiger partial charge on any atom is -0.366 e. The summed E-state index contributed by atoms with van der Waals surface area (Å²) in [7, 11) is 2.19. The minimum atomic E-state index is 0.0153. The Kier molecular flexibility index (Phi) is 5.04. The van der Waals surface area contributed by atoms with Gasteiger partial charge < -0.3 is 15.1 Å². The molecule has 5 rings (SSSR count). The largest absolute Gasteiger partial charge is 0.366 e. The van der Waals surface area contributed by atoms with Crippen molar-refractivity contribution in [1.82, 2.24) is 15.2 Å². The summed E-state index contributed by atoms with van der Waals surface area (Å²) in [5.41, 5.74) is 6.34. The highest BCUT2D eigenvalue weighted by atomic mass is 32.1. The molecule has 3 aliphatic rings. The van der Waals surface area contributed by atoms with Crippen molar-refractivity contribution in [3.8, 4) is 0 Å². The lowest BCUT2D eigenvalue weighted by molar-refractivity contribution is 0.245. The van der Waals surface area contributed by atoms with Crippen molar-refractivity contribution in [3.05, 3.63) is 65.5 Å². The van der Waals surface area contributed by atoms with Crippen molar-refractivity contribution in [2.24, 2.45) is 0 Å². The number of hydrogen-bond acceptors (Lipinski definition) is 3. The van der Waals surface area contributed by atoms with Gasteiger partial charge in [0.05, 0.1) is 23.3 Å². The monoisotopic (exact) mass is 432 g/mol. The predicted molar refractivity (Wildman–Crippen MR) is 132 cm³/mol. The number of benzene rings is 1. The van der Waals surface area contributed by atoms with Gasteiger partial charge in [-0.25, -0.2) is 0 Å². The van der Waals surface area contributed by atoms with Gasteiger partial charge in [0.25, 0.3) is 0 Å². The Bertz CT molecular complexity index is 1020. The van der Waals surface area contributed by atoms with Crippen LogP contribution < -0.4 is 10.2 Å². The molecule has 2 aliphatic heterocycles. The smallest absolute Gasteiger partial charge is 0.170 e. The Morgan fingerprint density at radius 3 is 2.61 bits per heavy atom. The fourth-order valence-corrected chi connectivity index (χ4v) is 6.05. The third-order valence-corrected chi connectivity index (χ3v) is 7.76. The van der Waals surface area contributed by atoms with Crippen LogP contribution in [0.1, 0.15) is 75.4 Å². The molecule has 2 fully saturated rings. The first kappa shape index (κ1) is 20.5. The second-order valence-electron chi connectivity index (χ2n) is 9.79. The molecule has 2 atom stereocenters. The summed E-state index contributed by atoms with van der Waals surface area (Å²) in [5, 5.41) is 4.50. The van der Waals surface area contributed by atoms with E-state index in [-0.39, 0.29) is 17.6 Å². The SMILES string of the molecule is CC1=CC(C)(C)N(C)c2ccc([C@@H]3[C@H](c4ccccn4)NC(=S)N3C3CCCC3)cc21. The minimum absolute atomic E-state index is 0.0153. The maximum atomic E-state index is 5.89. The molecule has 1 aromatic carbocycles. The molecule has 3 heterocycles. The van der Waals surface area contributed by atoms with Crippen LogP contribution in [-0.4, -0.2) is 33.6 Å². The van der Waals surface area contributed by atoms with Gasteiger partial charge in [0.1, 0.15) is 0 Å². The van der Waals surface area contributed by atoms with Gasteiger partial charge in [0, 0.05) is 30.5 Å². The first-order chi connectivity index (χ1) is 14.9. The Morgan fingerprint density at radius 2 is 1.90 bits per heavy atom. The summed E-state index contributed by atoms with van der Waals surface area (Å²) in [6.07, 6.45) is 9.27. The van der Waals surface area contributed by atoms with Crippen LogP contribution in [0.25, 0.3) is 5.57 Å². The number of fused-ring (bicyclic) bond motifs is 1. The number of nitrogens with one attached hydrogen (secondary N) is 1. The van der Waals surface area contributed by atoms with Crippen molar-refractivity contribution in [3.63, 3.8) is 0 Å². The van der Waals surface area contributed by atoms with E-state index in [2.05, 4.69) is 79.3 Å². The van der Waals surface area contributed by atoms with Crippen LogP contribution >= 0.6 is 12.2 Å². The number of nitrogens with zero attached hydrogens (tertiary/aromatic N) is 3. The van der Waals surface area contributed by atoms with E-state index >= 15 is 0 Å². The van der Waals surface area contributed by atoms with Crippen molar-refractivity contribution in [1.29, 1.82) is 0 Å². The molecule has 31 heavy (non-hydrogen) atoms.